The van der Waals surface area contributed by atoms with Gasteiger partial charge in [-0.15, -0.1) is 0 Å². The Morgan fingerprint density at radius 2 is 2.11 bits per heavy atom. The molecule has 18 heavy (non-hydrogen) atoms. The third-order valence-electron chi connectivity index (χ3n) is 2.13. The van der Waals surface area contributed by atoms with E-state index >= 15 is 0 Å². The molecule has 0 bridgehead atoms. The third kappa shape index (κ3) is 2.50. The molecule has 2 N–H and O–H groups in total. The highest BCUT2D eigenvalue weighted by atomic mass is 35.5. The maximum atomic E-state index is 5.88. The summed E-state index contributed by atoms with van der Waals surface area (Å²) in [4.78, 5) is 11.7. The van der Waals surface area contributed by atoms with Gasteiger partial charge in [0.15, 0.2) is 11.4 Å². The lowest BCUT2D eigenvalue weighted by molar-refractivity contribution is 0.411. The van der Waals surface area contributed by atoms with Crippen LogP contribution in [0.2, 0.25) is 5.15 Å². The fourth-order valence-electron chi connectivity index (χ4n) is 1.26. The first-order valence-corrected chi connectivity index (χ1v) is 5.37. The lowest BCUT2D eigenvalue weighted by atomic mass is 10.2. The molecule has 6 heteroatoms. The molecule has 0 spiro atoms. The molecule has 2 rings (SSSR count). The molecule has 0 aromatic carbocycles. The molecule has 0 aliphatic rings. The van der Waals surface area contributed by atoms with E-state index < -0.39 is 0 Å². The number of hydrogen-bond donors (Lipinski definition) is 1. The van der Waals surface area contributed by atoms with Crippen LogP contribution in [0.5, 0.6) is 5.75 Å². The van der Waals surface area contributed by atoms with Crippen molar-refractivity contribution in [3.63, 3.8) is 0 Å². The quantitative estimate of drug-likeness (QED) is 0.622. The van der Waals surface area contributed by atoms with Crippen LogP contribution in [0.4, 0.5) is 5.82 Å². The van der Waals surface area contributed by atoms with Crippen LogP contribution in [0.15, 0.2) is 24.7 Å². The number of methoxy groups -OCH3 is 1. The van der Waals surface area contributed by atoms with Crippen molar-refractivity contribution in [2.75, 3.05) is 12.8 Å². The van der Waals surface area contributed by atoms with Gasteiger partial charge in [-0.2, -0.15) is 0 Å². The van der Waals surface area contributed by atoms with Gasteiger partial charge in [0.05, 0.1) is 7.11 Å². The summed E-state index contributed by atoms with van der Waals surface area (Å²) in [5, 5.41) is 0.213. The minimum atomic E-state index is 0.213. The van der Waals surface area contributed by atoms with Crippen molar-refractivity contribution < 1.29 is 4.74 Å². The van der Waals surface area contributed by atoms with Gasteiger partial charge < -0.3 is 10.5 Å². The molecule has 0 aliphatic heterocycles. The monoisotopic (exact) mass is 260 g/mol. The van der Waals surface area contributed by atoms with Gasteiger partial charge in [0.2, 0.25) is 0 Å². The van der Waals surface area contributed by atoms with E-state index in [0.717, 1.165) is 0 Å². The summed E-state index contributed by atoms with van der Waals surface area (Å²) in [5.74, 6) is 6.44. The van der Waals surface area contributed by atoms with Crippen molar-refractivity contribution in [3.8, 4) is 17.6 Å². The second kappa shape index (κ2) is 5.34. The molecular formula is C12H9ClN4O. The Morgan fingerprint density at radius 3 is 2.83 bits per heavy atom. The zero-order chi connectivity index (χ0) is 13.0. The number of halogens is 1. The lowest BCUT2D eigenvalue weighted by Crippen LogP contribution is -1.97. The summed E-state index contributed by atoms with van der Waals surface area (Å²) >= 11 is 5.88. The first-order valence-electron chi connectivity index (χ1n) is 4.99. The minimum Gasteiger partial charge on any atom is -0.494 e. The Labute approximate surface area is 109 Å². The average Bonchev–Trinajstić information content (AvgIpc) is 2.38. The first-order chi connectivity index (χ1) is 8.72. The number of rotatable bonds is 1. The maximum Gasteiger partial charge on any atom is 0.155 e. The van der Waals surface area contributed by atoms with Crippen LogP contribution >= 0.6 is 11.6 Å². The second-order valence-electron chi connectivity index (χ2n) is 3.23. The van der Waals surface area contributed by atoms with Crippen molar-refractivity contribution in [1.29, 1.82) is 0 Å². The number of nitrogen functional groups attached to an aromatic ring is 1. The first kappa shape index (κ1) is 12.1. The van der Waals surface area contributed by atoms with E-state index in [1.54, 1.807) is 25.4 Å². The van der Waals surface area contributed by atoms with Crippen LogP contribution in [-0.4, -0.2) is 22.1 Å². The number of nitrogens with two attached hydrogens (primary N) is 1. The van der Waals surface area contributed by atoms with E-state index in [9.17, 15) is 0 Å². The smallest absolute Gasteiger partial charge is 0.155 e. The van der Waals surface area contributed by atoms with Gasteiger partial charge in [-0.25, -0.2) is 15.0 Å². The van der Waals surface area contributed by atoms with E-state index in [0.29, 0.717) is 17.0 Å². The second-order valence-corrected chi connectivity index (χ2v) is 3.59. The zero-order valence-electron chi connectivity index (χ0n) is 9.51. The Morgan fingerprint density at radius 1 is 1.28 bits per heavy atom. The van der Waals surface area contributed by atoms with E-state index in [1.807, 2.05) is 0 Å². The van der Waals surface area contributed by atoms with E-state index in [4.69, 9.17) is 22.1 Å². The third-order valence-corrected chi connectivity index (χ3v) is 2.41. The van der Waals surface area contributed by atoms with Gasteiger partial charge in [-0.3, -0.25) is 0 Å². The molecular weight excluding hydrogens is 252 g/mol. The van der Waals surface area contributed by atoms with Crippen molar-refractivity contribution in [2.45, 2.75) is 0 Å². The number of pyridine rings is 1. The van der Waals surface area contributed by atoms with Gasteiger partial charge in [0.25, 0.3) is 0 Å². The van der Waals surface area contributed by atoms with Crippen LogP contribution < -0.4 is 10.5 Å². The van der Waals surface area contributed by atoms with E-state index in [2.05, 4.69) is 26.8 Å². The van der Waals surface area contributed by atoms with Crippen molar-refractivity contribution >= 4 is 17.4 Å². The van der Waals surface area contributed by atoms with Crippen LogP contribution in [0.3, 0.4) is 0 Å². The maximum absolute atomic E-state index is 5.88. The number of nitrogens with zero attached hydrogens (tertiary/aromatic N) is 3. The molecule has 0 amide bonds. The fraction of sp³-hybridized carbons (Fsp3) is 0.0833. The summed E-state index contributed by atoms with van der Waals surface area (Å²) in [7, 11) is 1.55. The molecule has 90 valence electrons. The predicted molar refractivity (Wildman–Crippen MR) is 68.2 cm³/mol. The van der Waals surface area contributed by atoms with E-state index in [-0.39, 0.29) is 11.0 Å². The van der Waals surface area contributed by atoms with E-state index in [1.165, 1.54) is 6.33 Å². The molecule has 0 aliphatic carbocycles. The highest BCUT2D eigenvalue weighted by Crippen LogP contribution is 2.17. The van der Waals surface area contributed by atoms with Crippen LogP contribution in [0.25, 0.3) is 0 Å². The van der Waals surface area contributed by atoms with Gasteiger partial charge >= 0.3 is 0 Å². The van der Waals surface area contributed by atoms with Crippen molar-refractivity contribution in [3.05, 3.63) is 41.1 Å². The summed E-state index contributed by atoms with van der Waals surface area (Å²) in [6, 6.07) is 3.53. The van der Waals surface area contributed by atoms with Crippen LogP contribution in [0.1, 0.15) is 11.3 Å². The molecule has 2 heterocycles. The Balaban J connectivity index is 2.43. The summed E-state index contributed by atoms with van der Waals surface area (Å²) in [6.45, 7) is 0. The molecule has 0 fully saturated rings. The van der Waals surface area contributed by atoms with Crippen LogP contribution in [-0.2, 0) is 0 Å². The minimum absolute atomic E-state index is 0.213. The number of ether oxygens (including phenoxy) is 1. The largest absolute Gasteiger partial charge is 0.494 e. The summed E-state index contributed by atoms with van der Waals surface area (Å²) in [5.41, 5.74) is 6.55. The molecule has 2 aromatic heterocycles. The van der Waals surface area contributed by atoms with Crippen LogP contribution in [0, 0.1) is 11.8 Å². The average molecular weight is 261 g/mol. The number of anilines is 1. The SMILES string of the molecule is COc1cccnc1C#Cc1c(N)ncnc1Cl. The van der Waals surface area contributed by atoms with Gasteiger partial charge in [-0.05, 0) is 18.1 Å². The van der Waals surface area contributed by atoms with Crippen molar-refractivity contribution in [2.24, 2.45) is 0 Å². The fourth-order valence-corrected chi connectivity index (χ4v) is 1.45. The molecule has 0 unspecified atom stereocenters. The Hall–Kier alpha value is -2.32. The summed E-state index contributed by atoms with van der Waals surface area (Å²) < 4.78 is 5.13. The predicted octanol–water partition coefficient (Wildman–Crippen LogP) is 1.52. The molecule has 5 nitrogen and oxygen atoms in total. The highest BCUT2D eigenvalue weighted by Gasteiger charge is 2.04. The molecule has 0 radical (unpaired) electrons. The topological polar surface area (TPSA) is 73.9 Å². The zero-order valence-corrected chi connectivity index (χ0v) is 10.3. The molecule has 0 saturated heterocycles. The number of hydrogen-bond acceptors (Lipinski definition) is 5. The van der Waals surface area contributed by atoms with Crippen molar-refractivity contribution in [1.82, 2.24) is 15.0 Å². The summed E-state index contributed by atoms with van der Waals surface area (Å²) in [6.07, 6.45) is 2.91. The van der Waals surface area contributed by atoms with Gasteiger partial charge in [0.1, 0.15) is 22.9 Å². The molecule has 0 atom stereocenters. The Kier molecular flexibility index (Phi) is 3.60. The molecule has 0 saturated carbocycles. The standard InChI is InChI=1S/C12H9ClN4O/c1-18-10-3-2-6-15-9(10)5-4-8-11(13)16-7-17-12(8)14/h2-3,6-7H,1H3,(H2,14,16,17). The normalized spacial score (nSPS) is 9.44. The number of aromatic nitrogens is 3. The lowest BCUT2D eigenvalue weighted by Gasteiger charge is -2.00. The van der Waals surface area contributed by atoms with Gasteiger partial charge in [-0.1, -0.05) is 17.5 Å². The van der Waals surface area contributed by atoms with Gasteiger partial charge in [0, 0.05) is 6.20 Å². The molecule has 2 aromatic rings. The highest BCUT2D eigenvalue weighted by molar-refractivity contribution is 6.30. The Bertz CT molecular complexity index is 613.